The number of nitrogens with one attached hydrogen (secondary N) is 1. The van der Waals surface area contributed by atoms with E-state index in [1.807, 2.05) is 73.8 Å². The highest BCUT2D eigenvalue weighted by Crippen LogP contribution is 2.24. The number of aromatic nitrogens is 3. The molecule has 0 saturated heterocycles. The van der Waals surface area contributed by atoms with Crippen molar-refractivity contribution in [3.05, 3.63) is 102 Å². The zero-order valence-corrected chi connectivity index (χ0v) is 18.2. The maximum Gasteiger partial charge on any atom is 0.276 e. The maximum absolute atomic E-state index is 13.0. The van der Waals surface area contributed by atoms with Gasteiger partial charge in [-0.3, -0.25) is 19.9 Å². The van der Waals surface area contributed by atoms with Crippen LogP contribution in [0.4, 0.5) is 5.95 Å². The van der Waals surface area contributed by atoms with Gasteiger partial charge in [0.15, 0.2) is 5.78 Å². The molecule has 3 aromatic carbocycles. The molecule has 162 valence electrons. The number of ketones is 1. The van der Waals surface area contributed by atoms with Gasteiger partial charge in [0.05, 0.1) is 5.52 Å². The lowest BCUT2D eigenvalue weighted by molar-refractivity contribution is 0.0982. The van der Waals surface area contributed by atoms with E-state index in [1.165, 1.54) is 0 Å². The van der Waals surface area contributed by atoms with Gasteiger partial charge in [-0.2, -0.15) is 0 Å². The van der Waals surface area contributed by atoms with Crippen molar-refractivity contribution in [3.63, 3.8) is 0 Å². The molecule has 1 amide bonds. The highest BCUT2D eigenvalue weighted by molar-refractivity contribution is 6.08. The largest absolute Gasteiger partial charge is 0.313 e. The summed E-state index contributed by atoms with van der Waals surface area (Å²) in [7, 11) is 1.82. The van der Waals surface area contributed by atoms with Crippen molar-refractivity contribution in [1.82, 2.24) is 14.5 Å². The van der Waals surface area contributed by atoms with Crippen molar-refractivity contribution in [3.8, 4) is 0 Å². The first-order valence-electron chi connectivity index (χ1n) is 10.8. The number of pyridine rings is 1. The number of rotatable bonds is 6. The fourth-order valence-corrected chi connectivity index (χ4v) is 3.96. The van der Waals surface area contributed by atoms with Gasteiger partial charge in [0.25, 0.3) is 5.91 Å². The number of benzene rings is 3. The molecular weight excluding hydrogens is 412 g/mol. The molecule has 0 aliphatic heterocycles. The van der Waals surface area contributed by atoms with E-state index < -0.39 is 0 Å². The van der Waals surface area contributed by atoms with Crippen LogP contribution in [0.5, 0.6) is 0 Å². The van der Waals surface area contributed by atoms with Crippen molar-refractivity contribution in [2.24, 2.45) is 7.05 Å². The molecule has 5 aromatic rings. The van der Waals surface area contributed by atoms with Crippen LogP contribution in [0.15, 0.2) is 85.1 Å². The van der Waals surface area contributed by atoms with Crippen LogP contribution < -0.4 is 5.32 Å². The SMILES string of the molecule is Cn1c(NC(=O)c2cc3ccccc3cn2)nc2c(C(=O)CCc3ccccc3)cccc21. The molecule has 0 spiro atoms. The molecule has 6 nitrogen and oxygen atoms in total. The smallest absolute Gasteiger partial charge is 0.276 e. The minimum Gasteiger partial charge on any atom is -0.313 e. The normalized spacial score (nSPS) is 11.1. The van der Waals surface area contributed by atoms with Crippen molar-refractivity contribution in [1.29, 1.82) is 0 Å². The Morgan fingerprint density at radius 3 is 2.48 bits per heavy atom. The summed E-state index contributed by atoms with van der Waals surface area (Å²) in [5.41, 5.74) is 3.35. The molecule has 0 radical (unpaired) electrons. The lowest BCUT2D eigenvalue weighted by Crippen LogP contribution is -2.16. The summed E-state index contributed by atoms with van der Waals surface area (Å²) in [5, 5.41) is 4.75. The topological polar surface area (TPSA) is 76.9 Å². The van der Waals surface area contributed by atoms with Gasteiger partial charge in [0.2, 0.25) is 5.95 Å². The second-order valence-corrected chi connectivity index (χ2v) is 7.95. The predicted molar refractivity (Wildman–Crippen MR) is 130 cm³/mol. The van der Waals surface area contributed by atoms with E-state index in [-0.39, 0.29) is 11.7 Å². The molecule has 0 fully saturated rings. The van der Waals surface area contributed by atoms with Gasteiger partial charge in [-0.15, -0.1) is 0 Å². The number of nitrogens with zero attached hydrogens (tertiary/aromatic N) is 3. The Morgan fingerprint density at radius 1 is 0.909 bits per heavy atom. The van der Waals surface area contributed by atoms with E-state index >= 15 is 0 Å². The van der Waals surface area contributed by atoms with E-state index in [1.54, 1.807) is 22.9 Å². The first-order chi connectivity index (χ1) is 16.1. The maximum atomic E-state index is 13.0. The lowest BCUT2D eigenvalue weighted by Gasteiger charge is -2.05. The summed E-state index contributed by atoms with van der Waals surface area (Å²) in [5.74, 6) is 0.0426. The lowest BCUT2D eigenvalue weighted by atomic mass is 10.0. The molecule has 2 aromatic heterocycles. The Kier molecular flexibility index (Phi) is 5.40. The van der Waals surface area contributed by atoms with Gasteiger partial charge in [-0.1, -0.05) is 60.7 Å². The van der Waals surface area contributed by atoms with E-state index in [4.69, 9.17) is 0 Å². The number of carbonyl (C=O) groups excluding carboxylic acids is 2. The van der Waals surface area contributed by atoms with Crippen LogP contribution in [0.2, 0.25) is 0 Å². The Balaban J connectivity index is 1.40. The van der Waals surface area contributed by atoms with Gasteiger partial charge < -0.3 is 4.57 Å². The van der Waals surface area contributed by atoms with Crippen molar-refractivity contribution in [2.45, 2.75) is 12.8 Å². The molecule has 0 saturated carbocycles. The minimum atomic E-state index is -0.351. The predicted octanol–water partition coefficient (Wildman–Crippen LogP) is 5.19. The average Bonchev–Trinajstić information content (AvgIpc) is 3.18. The van der Waals surface area contributed by atoms with Crippen molar-refractivity contribution < 1.29 is 9.59 Å². The first kappa shape index (κ1) is 20.6. The number of fused-ring (bicyclic) bond motifs is 2. The van der Waals surface area contributed by atoms with Crippen LogP contribution >= 0.6 is 0 Å². The molecule has 0 bridgehead atoms. The van der Waals surface area contributed by atoms with E-state index in [9.17, 15) is 9.59 Å². The van der Waals surface area contributed by atoms with Gasteiger partial charge >= 0.3 is 0 Å². The average molecular weight is 434 g/mol. The number of hydrogen-bond acceptors (Lipinski definition) is 4. The molecule has 2 heterocycles. The van der Waals surface area contributed by atoms with Crippen molar-refractivity contribution >= 4 is 39.4 Å². The van der Waals surface area contributed by atoms with E-state index in [0.717, 1.165) is 21.9 Å². The Morgan fingerprint density at radius 2 is 1.67 bits per heavy atom. The molecule has 5 rings (SSSR count). The van der Waals surface area contributed by atoms with Gasteiger partial charge in [-0.05, 0) is 35.6 Å². The fraction of sp³-hybridized carbons (Fsp3) is 0.111. The van der Waals surface area contributed by atoms with E-state index in [2.05, 4.69) is 15.3 Å². The summed E-state index contributed by atoms with van der Waals surface area (Å²) in [6.07, 6.45) is 2.74. The second-order valence-electron chi connectivity index (χ2n) is 7.95. The molecule has 0 aliphatic rings. The summed E-state index contributed by atoms with van der Waals surface area (Å²) in [6, 6.07) is 25.0. The Labute approximate surface area is 190 Å². The van der Waals surface area contributed by atoms with Crippen LogP contribution in [0.3, 0.4) is 0 Å². The summed E-state index contributed by atoms with van der Waals surface area (Å²) >= 11 is 0. The third-order valence-corrected chi connectivity index (χ3v) is 5.78. The Hall–Kier alpha value is -4.32. The fourth-order valence-electron chi connectivity index (χ4n) is 3.96. The molecule has 33 heavy (non-hydrogen) atoms. The Bertz CT molecular complexity index is 1490. The van der Waals surface area contributed by atoms with Crippen molar-refractivity contribution in [2.75, 3.05) is 5.32 Å². The minimum absolute atomic E-state index is 0.0247. The third kappa shape index (κ3) is 4.11. The van der Waals surface area contributed by atoms with Crippen LogP contribution in [0, 0.1) is 0 Å². The summed E-state index contributed by atoms with van der Waals surface area (Å²) in [4.78, 5) is 34.7. The number of carbonyl (C=O) groups is 2. The number of amides is 1. The van der Waals surface area contributed by atoms with Gasteiger partial charge in [-0.25, -0.2) is 4.98 Å². The molecular formula is C27H22N4O2. The zero-order valence-electron chi connectivity index (χ0n) is 18.2. The number of imidazole rings is 1. The zero-order chi connectivity index (χ0) is 22.8. The molecule has 1 N–H and O–H groups in total. The highest BCUT2D eigenvalue weighted by atomic mass is 16.2. The summed E-state index contributed by atoms with van der Waals surface area (Å²) in [6.45, 7) is 0. The first-order valence-corrected chi connectivity index (χ1v) is 10.8. The van der Waals surface area contributed by atoms with Crippen LogP contribution in [-0.4, -0.2) is 26.2 Å². The number of anilines is 1. The van der Waals surface area contributed by atoms with E-state index in [0.29, 0.717) is 35.6 Å². The van der Waals surface area contributed by atoms with Crippen LogP contribution in [0.25, 0.3) is 21.8 Å². The quantitative estimate of drug-likeness (QED) is 0.373. The standard InChI is InChI=1S/C27H22N4O2/c1-31-23-13-7-12-21(24(32)15-14-18-8-3-2-4-9-18)25(23)29-27(31)30-26(33)22-16-19-10-5-6-11-20(19)17-28-22/h2-13,16-17H,14-15H2,1H3,(H,29,30,33). The van der Waals surface area contributed by atoms with Crippen LogP contribution in [0.1, 0.15) is 32.8 Å². The number of para-hydroxylation sites is 1. The molecule has 6 heteroatoms. The van der Waals surface area contributed by atoms with Crippen LogP contribution in [-0.2, 0) is 13.5 Å². The molecule has 0 unspecified atom stereocenters. The number of hydrogen-bond donors (Lipinski definition) is 1. The van der Waals surface area contributed by atoms with Gasteiger partial charge in [0.1, 0.15) is 11.2 Å². The number of Topliss-reactive ketones (excluding diaryl/α,β-unsaturated/α-hetero) is 1. The monoisotopic (exact) mass is 434 g/mol. The second kappa shape index (κ2) is 8.67. The summed E-state index contributed by atoms with van der Waals surface area (Å²) < 4.78 is 1.78. The highest BCUT2D eigenvalue weighted by Gasteiger charge is 2.18. The molecule has 0 aliphatic carbocycles. The molecule has 0 atom stereocenters. The number of aryl methyl sites for hydroxylation is 2. The van der Waals surface area contributed by atoms with Gasteiger partial charge in [0, 0.05) is 30.6 Å². The third-order valence-electron chi connectivity index (χ3n) is 5.78.